The quantitative estimate of drug-likeness (QED) is 0.145. The Morgan fingerprint density at radius 1 is 0.190 bits per heavy atom. The van der Waals surface area contributed by atoms with Gasteiger partial charge in [0, 0.05) is 34.1 Å². The first-order valence-corrected chi connectivity index (χ1v) is 19.8. The largest absolute Gasteiger partial charge is 0.310 e. The molecule has 0 bridgehead atoms. The van der Waals surface area contributed by atoms with E-state index in [1.165, 1.54) is 54.9 Å². The van der Waals surface area contributed by atoms with Crippen molar-refractivity contribution in [2.75, 3.05) is 9.80 Å². The van der Waals surface area contributed by atoms with Crippen LogP contribution in [-0.4, -0.2) is 0 Å². The van der Waals surface area contributed by atoms with Gasteiger partial charge < -0.3 is 9.80 Å². The van der Waals surface area contributed by atoms with Crippen LogP contribution in [0.1, 0.15) is 0 Å². The van der Waals surface area contributed by atoms with E-state index in [2.05, 4.69) is 252 Å². The highest BCUT2D eigenvalue weighted by atomic mass is 15.2. The predicted molar refractivity (Wildman–Crippen MR) is 247 cm³/mol. The molecule has 0 amide bonds. The normalized spacial score (nSPS) is 11.1. The van der Waals surface area contributed by atoms with E-state index in [1.54, 1.807) is 0 Å². The zero-order valence-corrected chi connectivity index (χ0v) is 32.0. The highest BCUT2D eigenvalue weighted by Crippen LogP contribution is 2.42. The molecule has 10 aromatic rings. The number of anilines is 6. The molecule has 0 aromatic heterocycles. The molecule has 0 heterocycles. The van der Waals surface area contributed by atoms with Crippen molar-refractivity contribution in [3.05, 3.63) is 243 Å². The van der Waals surface area contributed by atoms with Crippen LogP contribution < -0.4 is 9.80 Å². The van der Waals surface area contributed by atoms with Gasteiger partial charge in [0.2, 0.25) is 0 Å². The number of hydrogen-bond donors (Lipinski definition) is 0. The maximum Gasteiger partial charge on any atom is 0.0482 e. The van der Waals surface area contributed by atoms with Crippen LogP contribution in [0, 0.1) is 0 Å². The summed E-state index contributed by atoms with van der Waals surface area (Å²) in [6.07, 6.45) is 0. The van der Waals surface area contributed by atoms with Crippen molar-refractivity contribution in [1.82, 2.24) is 0 Å². The summed E-state index contributed by atoms with van der Waals surface area (Å²) in [6.45, 7) is 0. The second-order valence-electron chi connectivity index (χ2n) is 14.6. The SMILES string of the molecule is c1ccc(-c2ccc(N(c3ccccc3)c3cccc(N(c4ccccc4)c4ccc(-c5cc6ccccc6cc5-c5ccc6ccccc6c5)cc4)c3)cc2)cc1. The third-order valence-electron chi connectivity index (χ3n) is 11.0. The van der Waals surface area contributed by atoms with Crippen LogP contribution >= 0.6 is 0 Å². The Morgan fingerprint density at radius 3 is 1.09 bits per heavy atom. The minimum absolute atomic E-state index is 1.07. The van der Waals surface area contributed by atoms with Gasteiger partial charge in [-0.25, -0.2) is 0 Å². The molecule has 10 rings (SSSR count). The van der Waals surface area contributed by atoms with Crippen molar-refractivity contribution in [3.8, 4) is 33.4 Å². The maximum atomic E-state index is 2.35. The van der Waals surface area contributed by atoms with Gasteiger partial charge in [-0.1, -0.05) is 158 Å². The average molecular weight is 741 g/mol. The van der Waals surface area contributed by atoms with Crippen molar-refractivity contribution < 1.29 is 0 Å². The van der Waals surface area contributed by atoms with Gasteiger partial charge in [-0.3, -0.25) is 0 Å². The van der Waals surface area contributed by atoms with E-state index in [9.17, 15) is 0 Å². The molecule has 0 N–H and O–H groups in total. The molecule has 10 aromatic carbocycles. The molecule has 0 aliphatic heterocycles. The van der Waals surface area contributed by atoms with Gasteiger partial charge in [0.25, 0.3) is 0 Å². The minimum atomic E-state index is 1.07. The van der Waals surface area contributed by atoms with E-state index < -0.39 is 0 Å². The van der Waals surface area contributed by atoms with Gasteiger partial charge in [0.1, 0.15) is 0 Å². The van der Waals surface area contributed by atoms with Crippen LogP contribution in [-0.2, 0) is 0 Å². The van der Waals surface area contributed by atoms with Crippen LogP contribution in [0.25, 0.3) is 54.9 Å². The average Bonchev–Trinajstić information content (AvgIpc) is 3.30. The molecule has 0 saturated heterocycles. The third kappa shape index (κ3) is 6.89. The number of para-hydroxylation sites is 2. The van der Waals surface area contributed by atoms with Gasteiger partial charge in [0.15, 0.2) is 0 Å². The van der Waals surface area contributed by atoms with Gasteiger partial charge in [-0.05, 0) is 140 Å². The molecule has 2 nitrogen and oxygen atoms in total. The molecule has 274 valence electrons. The van der Waals surface area contributed by atoms with Crippen LogP contribution in [0.4, 0.5) is 34.1 Å². The molecular formula is C56H40N2. The van der Waals surface area contributed by atoms with Gasteiger partial charge in [-0.2, -0.15) is 0 Å². The van der Waals surface area contributed by atoms with Gasteiger partial charge >= 0.3 is 0 Å². The molecule has 2 heteroatoms. The molecule has 0 atom stereocenters. The number of hydrogen-bond acceptors (Lipinski definition) is 2. The summed E-state index contributed by atoms with van der Waals surface area (Å²) in [7, 11) is 0. The molecule has 0 saturated carbocycles. The van der Waals surface area contributed by atoms with E-state index in [0.29, 0.717) is 0 Å². The number of benzene rings is 10. The summed E-state index contributed by atoms with van der Waals surface area (Å²) in [5, 5.41) is 4.95. The summed E-state index contributed by atoms with van der Waals surface area (Å²) in [5.74, 6) is 0. The molecule has 0 aliphatic rings. The van der Waals surface area contributed by atoms with Crippen molar-refractivity contribution in [2.45, 2.75) is 0 Å². The lowest BCUT2D eigenvalue weighted by Gasteiger charge is -2.29. The first kappa shape index (κ1) is 34.8. The summed E-state index contributed by atoms with van der Waals surface area (Å²) >= 11 is 0. The Balaban J connectivity index is 1.06. The monoisotopic (exact) mass is 740 g/mol. The number of rotatable bonds is 9. The zero-order chi connectivity index (χ0) is 38.7. The van der Waals surface area contributed by atoms with Crippen LogP contribution in [0.3, 0.4) is 0 Å². The Kier molecular flexibility index (Phi) is 9.27. The van der Waals surface area contributed by atoms with Gasteiger partial charge in [-0.15, -0.1) is 0 Å². The van der Waals surface area contributed by atoms with Crippen molar-refractivity contribution >= 4 is 55.7 Å². The number of nitrogens with zero attached hydrogens (tertiary/aromatic N) is 2. The molecule has 0 fully saturated rings. The Bertz CT molecular complexity index is 2980. The number of fused-ring (bicyclic) bond motifs is 2. The molecule has 0 aliphatic carbocycles. The summed E-state index contributed by atoms with van der Waals surface area (Å²) in [5.41, 5.74) is 13.7. The summed E-state index contributed by atoms with van der Waals surface area (Å²) in [6, 6.07) is 87.3. The van der Waals surface area contributed by atoms with Gasteiger partial charge in [0.05, 0.1) is 0 Å². The second kappa shape index (κ2) is 15.5. The highest BCUT2D eigenvalue weighted by molar-refractivity contribution is 5.99. The molecule has 0 unspecified atom stereocenters. The minimum Gasteiger partial charge on any atom is -0.310 e. The maximum absolute atomic E-state index is 2.35. The van der Waals surface area contributed by atoms with E-state index >= 15 is 0 Å². The van der Waals surface area contributed by atoms with E-state index in [1.807, 2.05) is 0 Å². The lowest BCUT2D eigenvalue weighted by Crippen LogP contribution is -2.13. The fourth-order valence-corrected chi connectivity index (χ4v) is 8.12. The van der Waals surface area contributed by atoms with Crippen LogP contribution in [0.5, 0.6) is 0 Å². The molecule has 58 heavy (non-hydrogen) atoms. The standard InChI is InChI=1S/C56H40N2/c1-4-15-41(16-5-1)43-29-33-51(34-30-43)57(49-21-6-2-7-22-49)53-25-14-26-54(40-53)58(50-23-8-3-9-24-50)52-35-31-44(32-36-52)55-38-46-19-12-13-20-47(46)39-56(55)48-28-27-42-17-10-11-18-45(42)37-48/h1-40H. The lowest BCUT2D eigenvalue weighted by molar-refractivity contribution is 1.25. The fourth-order valence-electron chi connectivity index (χ4n) is 8.12. The van der Waals surface area contributed by atoms with E-state index in [0.717, 1.165) is 34.1 Å². The van der Waals surface area contributed by atoms with Crippen LogP contribution in [0.2, 0.25) is 0 Å². The Hall–Kier alpha value is -7.68. The van der Waals surface area contributed by atoms with E-state index in [4.69, 9.17) is 0 Å². The predicted octanol–water partition coefficient (Wildman–Crippen LogP) is 15.9. The smallest absolute Gasteiger partial charge is 0.0482 e. The lowest BCUT2D eigenvalue weighted by atomic mass is 9.90. The highest BCUT2D eigenvalue weighted by Gasteiger charge is 2.18. The third-order valence-corrected chi connectivity index (χ3v) is 11.0. The Morgan fingerprint density at radius 2 is 0.552 bits per heavy atom. The topological polar surface area (TPSA) is 6.48 Å². The first-order valence-electron chi connectivity index (χ1n) is 19.8. The second-order valence-corrected chi connectivity index (χ2v) is 14.6. The molecular weight excluding hydrogens is 701 g/mol. The summed E-state index contributed by atoms with van der Waals surface area (Å²) < 4.78 is 0. The molecule has 0 radical (unpaired) electrons. The summed E-state index contributed by atoms with van der Waals surface area (Å²) in [4.78, 5) is 4.68. The van der Waals surface area contributed by atoms with Crippen molar-refractivity contribution in [1.29, 1.82) is 0 Å². The van der Waals surface area contributed by atoms with Crippen LogP contribution in [0.15, 0.2) is 243 Å². The first-order chi connectivity index (χ1) is 28.7. The Labute approximate surface area is 340 Å². The fraction of sp³-hybridized carbons (Fsp3) is 0. The van der Waals surface area contributed by atoms with Crippen molar-refractivity contribution in [2.24, 2.45) is 0 Å². The van der Waals surface area contributed by atoms with E-state index in [-0.39, 0.29) is 0 Å². The zero-order valence-electron chi connectivity index (χ0n) is 32.0. The molecule has 0 spiro atoms. The van der Waals surface area contributed by atoms with Crippen molar-refractivity contribution in [3.63, 3.8) is 0 Å².